The van der Waals surface area contributed by atoms with Crippen molar-refractivity contribution in [3.63, 3.8) is 0 Å². The van der Waals surface area contributed by atoms with Gasteiger partial charge in [-0.05, 0) is 19.0 Å². The maximum atomic E-state index is 11.7. The van der Waals surface area contributed by atoms with Gasteiger partial charge in [0.25, 0.3) is 0 Å². The summed E-state index contributed by atoms with van der Waals surface area (Å²) in [5.74, 6) is -0.328. The maximum Gasteiger partial charge on any atom is 0.312 e. The Morgan fingerprint density at radius 3 is 2.88 bits per heavy atom. The number of amides is 1. The summed E-state index contributed by atoms with van der Waals surface area (Å²) in [6.07, 6.45) is 5.96. The lowest BCUT2D eigenvalue weighted by Crippen LogP contribution is -2.36. The minimum absolute atomic E-state index is 0.0314. The topological polar surface area (TPSA) is 46.6 Å². The van der Waals surface area contributed by atoms with Crippen LogP contribution in [0.1, 0.15) is 32.1 Å². The summed E-state index contributed by atoms with van der Waals surface area (Å²) in [7, 11) is 0. The van der Waals surface area contributed by atoms with E-state index in [-0.39, 0.29) is 24.3 Å². The number of hydrogen-bond donors (Lipinski definition) is 0. The summed E-state index contributed by atoms with van der Waals surface area (Å²) in [5.41, 5.74) is 0. The molecule has 1 aliphatic rings. The minimum atomic E-state index is -0.360. The van der Waals surface area contributed by atoms with E-state index in [0.717, 1.165) is 25.5 Å². The van der Waals surface area contributed by atoms with Crippen LogP contribution < -0.4 is 0 Å². The second kappa shape index (κ2) is 6.10. The van der Waals surface area contributed by atoms with Gasteiger partial charge in [-0.3, -0.25) is 9.59 Å². The largest absolute Gasteiger partial charge is 0.435 e. The van der Waals surface area contributed by atoms with E-state index in [2.05, 4.69) is 17.9 Å². The smallest absolute Gasteiger partial charge is 0.312 e. The van der Waals surface area contributed by atoms with Crippen LogP contribution in [0, 0.1) is 0 Å². The molecule has 1 heterocycles. The Balaban J connectivity index is 2.66. The summed E-state index contributed by atoms with van der Waals surface area (Å²) < 4.78 is 4.67. The number of carbonyl (C=O) groups excluding carboxylic acids is 2. The molecule has 0 radical (unpaired) electrons. The van der Waals surface area contributed by atoms with Crippen molar-refractivity contribution in [1.29, 1.82) is 0 Å². The second-order valence-corrected chi connectivity index (χ2v) is 3.74. The van der Waals surface area contributed by atoms with Crippen LogP contribution >= 0.6 is 0 Å². The molecule has 1 unspecified atom stereocenters. The Labute approximate surface area is 95.6 Å². The number of nitrogens with zero attached hydrogens (tertiary/aromatic N) is 1. The second-order valence-electron chi connectivity index (χ2n) is 3.74. The van der Waals surface area contributed by atoms with E-state index >= 15 is 0 Å². The average molecular weight is 223 g/mol. The number of ether oxygens (including phenoxy) is 1. The zero-order valence-corrected chi connectivity index (χ0v) is 9.35. The van der Waals surface area contributed by atoms with Gasteiger partial charge in [0.15, 0.2) is 0 Å². The lowest BCUT2D eigenvalue weighted by Gasteiger charge is -2.25. The number of hydrogen-bond acceptors (Lipinski definition) is 3. The molecule has 1 aliphatic heterocycles. The molecule has 0 aromatic rings. The number of rotatable bonds is 4. The molecular weight excluding hydrogens is 206 g/mol. The van der Waals surface area contributed by atoms with Crippen molar-refractivity contribution in [2.24, 2.45) is 0 Å². The molecule has 0 aromatic heterocycles. The van der Waals surface area contributed by atoms with Crippen LogP contribution in [0.5, 0.6) is 0 Å². The Hall–Kier alpha value is -1.58. The Morgan fingerprint density at radius 2 is 2.25 bits per heavy atom. The summed E-state index contributed by atoms with van der Waals surface area (Å²) in [5, 5.41) is 0. The Morgan fingerprint density at radius 1 is 1.50 bits per heavy atom. The summed E-state index contributed by atoms with van der Waals surface area (Å²) >= 11 is 0. The quantitative estimate of drug-likeness (QED) is 0.540. The normalized spacial score (nSPS) is 21.1. The lowest BCUT2D eigenvalue weighted by molar-refractivity contribution is -0.140. The SMILES string of the molecule is C=COC(=O)CC1CCCCC(=O)N1C=C. The number of carbonyl (C=O) groups is 2. The van der Waals surface area contributed by atoms with Gasteiger partial charge < -0.3 is 9.64 Å². The Kier molecular flexibility index (Phi) is 4.76. The molecule has 0 aliphatic carbocycles. The van der Waals surface area contributed by atoms with Crippen LogP contribution in [0.15, 0.2) is 25.6 Å². The highest BCUT2D eigenvalue weighted by molar-refractivity contribution is 5.79. The van der Waals surface area contributed by atoms with Crippen LogP contribution in [0.4, 0.5) is 0 Å². The molecule has 0 spiro atoms. The third-order valence-electron chi connectivity index (χ3n) is 2.67. The van der Waals surface area contributed by atoms with E-state index < -0.39 is 0 Å². The lowest BCUT2D eigenvalue weighted by atomic mass is 10.1. The highest BCUT2D eigenvalue weighted by atomic mass is 16.5. The zero-order valence-electron chi connectivity index (χ0n) is 9.35. The first-order valence-corrected chi connectivity index (χ1v) is 5.43. The van der Waals surface area contributed by atoms with Crippen molar-refractivity contribution in [1.82, 2.24) is 4.90 Å². The zero-order chi connectivity index (χ0) is 12.0. The van der Waals surface area contributed by atoms with Gasteiger partial charge in [0.2, 0.25) is 5.91 Å². The molecule has 1 atom stereocenters. The molecule has 0 saturated carbocycles. The van der Waals surface area contributed by atoms with E-state index in [0.29, 0.717) is 6.42 Å². The molecule has 1 saturated heterocycles. The van der Waals surface area contributed by atoms with Gasteiger partial charge in [0, 0.05) is 12.5 Å². The van der Waals surface area contributed by atoms with Crippen LogP contribution in [0.3, 0.4) is 0 Å². The molecule has 0 bridgehead atoms. The van der Waals surface area contributed by atoms with E-state index in [1.165, 1.54) is 6.20 Å². The van der Waals surface area contributed by atoms with Crippen molar-refractivity contribution < 1.29 is 14.3 Å². The third kappa shape index (κ3) is 3.22. The van der Waals surface area contributed by atoms with Gasteiger partial charge in [-0.15, -0.1) is 0 Å². The summed E-state index contributed by atoms with van der Waals surface area (Å²) in [6.45, 7) is 6.94. The maximum absolute atomic E-state index is 11.7. The highest BCUT2D eigenvalue weighted by Gasteiger charge is 2.26. The van der Waals surface area contributed by atoms with Crippen molar-refractivity contribution in [2.45, 2.75) is 38.1 Å². The van der Waals surface area contributed by atoms with Crippen molar-refractivity contribution in [2.75, 3.05) is 0 Å². The van der Waals surface area contributed by atoms with Gasteiger partial charge in [-0.1, -0.05) is 19.6 Å². The molecule has 88 valence electrons. The first-order chi connectivity index (χ1) is 7.69. The fraction of sp³-hybridized carbons (Fsp3) is 0.500. The highest BCUT2D eigenvalue weighted by Crippen LogP contribution is 2.20. The summed E-state index contributed by atoms with van der Waals surface area (Å²) in [4.78, 5) is 24.6. The van der Waals surface area contributed by atoms with Gasteiger partial charge in [0.1, 0.15) is 0 Å². The predicted molar refractivity (Wildman–Crippen MR) is 60.2 cm³/mol. The fourth-order valence-corrected chi connectivity index (χ4v) is 1.91. The number of esters is 1. The van der Waals surface area contributed by atoms with Crippen LogP contribution in [0.2, 0.25) is 0 Å². The van der Waals surface area contributed by atoms with Crippen LogP contribution in [-0.2, 0) is 14.3 Å². The number of likely N-dealkylation sites (tertiary alicyclic amines) is 1. The van der Waals surface area contributed by atoms with Crippen molar-refractivity contribution in [3.8, 4) is 0 Å². The first-order valence-electron chi connectivity index (χ1n) is 5.43. The van der Waals surface area contributed by atoms with Crippen molar-refractivity contribution >= 4 is 11.9 Å². The predicted octanol–water partition coefficient (Wildman–Crippen LogP) is 1.98. The van der Waals surface area contributed by atoms with Gasteiger partial charge in [-0.2, -0.15) is 0 Å². The molecule has 4 nitrogen and oxygen atoms in total. The molecule has 16 heavy (non-hydrogen) atoms. The van der Waals surface area contributed by atoms with Gasteiger partial charge in [-0.25, -0.2) is 0 Å². The first kappa shape index (κ1) is 12.5. The van der Waals surface area contributed by atoms with Gasteiger partial charge in [0.05, 0.1) is 12.7 Å². The molecule has 0 N–H and O–H groups in total. The van der Waals surface area contributed by atoms with Crippen molar-refractivity contribution in [3.05, 3.63) is 25.6 Å². The molecule has 1 rings (SSSR count). The average Bonchev–Trinajstić information content (AvgIpc) is 2.40. The van der Waals surface area contributed by atoms with E-state index in [1.807, 2.05) is 0 Å². The molecule has 1 amide bonds. The fourth-order valence-electron chi connectivity index (χ4n) is 1.91. The minimum Gasteiger partial charge on any atom is -0.435 e. The standard InChI is InChI=1S/C12H17NO3/c1-3-13-10(9-12(15)16-4-2)7-5-6-8-11(13)14/h3-4,10H,1-2,5-9H2. The van der Waals surface area contributed by atoms with Crippen LogP contribution in [0.25, 0.3) is 0 Å². The molecule has 0 aromatic carbocycles. The molecular formula is C12H17NO3. The van der Waals surface area contributed by atoms with Crippen LogP contribution in [-0.4, -0.2) is 22.8 Å². The van der Waals surface area contributed by atoms with Gasteiger partial charge >= 0.3 is 5.97 Å². The molecule has 4 heteroatoms. The monoisotopic (exact) mass is 223 g/mol. The summed E-state index contributed by atoms with van der Waals surface area (Å²) in [6, 6.07) is -0.125. The Bertz CT molecular complexity index is 299. The third-order valence-corrected chi connectivity index (χ3v) is 2.67. The van der Waals surface area contributed by atoms with E-state index in [9.17, 15) is 9.59 Å². The van der Waals surface area contributed by atoms with E-state index in [1.54, 1.807) is 4.90 Å². The van der Waals surface area contributed by atoms with E-state index in [4.69, 9.17) is 0 Å². The molecule has 1 fully saturated rings.